The van der Waals surface area contributed by atoms with Crippen LogP contribution in [0.4, 0.5) is 0 Å². The highest BCUT2D eigenvalue weighted by molar-refractivity contribution is 5.80. The molecule has 3 nitrogen and oxygen atoms in total. The van der Waals surface area contributed by atoms with Crippen molar-refractivity contribution >= 4 is 5.91 Å². The van der Waals surface area contributed by atoms with E-state index in [1.165, 1.54) is 25.7 Å². The summed E-state index contributed by atoms with van der Waals surface area (Å²) in [7, 11) is 0. The Hall–Kier alpha value is -0.570. The van der Waals surface area contributed by atoms with Gasteiger partial charge < -0.3 is 4.90 Å². The zero-order valence-corrected chi connectivity index (χ0v) is 10.8. The van der Waals surface area contributed by atoms with Crippen LogP contribution in [0.1, 0.15) is 45.4 Å². The molecule has 2 saturated carbocycles. The van der Waals surface area contributed by atoms with E-state index in [-0.39, 0.29) is 0 Å². The maximum Gasteiger partial charge on any atom is 0.237 e. The Bertz CT molecular complexity index is 285. The van der Waals surface area contributed by atoms with Crippen molar-refractivity contribution in [2.24, 2.45) is 17.8 Å². The van der Waals surface area contributed by atoms with Crippen molar-refractivity contribution in [1.82, 2.24) is 10.2 Å². The van der Waals surface area contributed by atoms with Crippen LogP contribution in [0.3, 0.4) is 0 Å². The lowest BCUT2D eigenvalue weighted by atomic mass is 9.97. The van der Waals surface area contributed by atoms with E-state index in [4.69, 9.17) is 0 Å². The van der Waals surface area contributed by atoms with Gasteiger partial charge in [-0.05, 0) is 49.9 Å². The maximum atomic E-state index is 11.9. The summed E-state index contributed by atoms with van der Waals surface area (Å²) in [5.41, 5.74) is 0. The Labute approximate surface area is 104 Å². The third-order valence-electron chi connectivity index (χ3n) is 4.61. The fraction of sp³-hybridized carbons (Fsp3) is 0.929. The van der Waals surface area contributed by atoms with Crippen molar-refractivity contribution in [2.45, 2.75) is 51.6 Å². The van der Waals surface area contributed by atoms with Gasteiger partial charge in [-0.25, -0.2) is 0 Å². The van der Waals surface area contributed by atoms with E-state index >= 15 is 0 Å². The third kappa shape index (κ3) is 2.49. The first-order chi connectivity index (χ1) is 8.29. The van der Waals surface area contributed by atoms with Gasteiger partial charge in [0.1, 0.15) is 0 Å². The molecule has 0 aromatic carbocycles. The summed E-state index contributed by atoms with van der Waals surface area (Å²) < 4.78 is 0. The van der Waals surface area contributed by atoms with Crippen molar-refractivity contribution in [2.75, 3.05) is 13.1 Å². The quantitative estimate of drug-likeness (QED) is 0.765. The highest BCUT2D eigenvalue weighted by Crippen LogP contribution is 2.49. The Morgan fingerprint density at radius 3 is 2.47 bits per heavy atom. The Balaban J connectivity index is 1.62. The molecule has 1 heterocycles. The number of hydrogen-bond donors (Lipinski definition) is 1. The summed E-state index contributed by atoms with van der Waals surface area (Å²) in [5, 5.41) is 3.36. The molecule has 0 aromatic rings. The monoisotopic (exact) mass is 236 g/mol. The number of nitrogens with zero attached hydrogens (tertiary/aromatic N) is 1. The van der Waals surface area contributed by atoms with Crippen LogP contribution in [-0.4, -0.2) is 30.1 Å². The molecule has 1 atom stereocenters. The number of hydrogen-bond acceptors (Lipinski definition) is 2. The molecule has 1 N–H and O–H groups in total. The standard InChI is InChI=1S/C14H24N2O/c1-2-3-13-15-8-14(17)16(13)9-12(10-4-5-10)11-6-7-11/h10-13,15H,2-9H2,1H3. The summed E-state index contributed by atoms with van der Waals surface area (Å²) in [4.78, 5) is 14.1. The summed E-state index contributed by atoms with van der Waals surface area (Å²) >= 11 is 0. The molecule has 0 spiro atoms. The van der Waals surface area contributed by atoms with E-state index in [9.17, 15) is 4.79 Å². The number of nitrogens with one attached hydrogen (secondary N) is 1. The van der Waals surface area contributed by atoms with Crippen molar-refractivity contribution < 1.29 is 4.79 Å². The number of carbonyl (C=O) groups is 1. The normalized spacial score (nSPS) is 29.4. The first-order valence-corrected chi connectivity index (χ1v) is 7.32. The topological polar surface area (TPSA) is 32.3 Å². The number of rotatable bonds is 6. The van der Waals surface area contributed by atoms with Crippen LogP contribution in [0.25, 0.3) is 0 Å². The Morgan fingerprint density at radius 2 is 1.94 bits per heavy atom. The fourth-order valence-corrected chi connectivity index (χ4v) is 3.31. The molecule has 0 radical (unpaired) electrons. The molecule has 1 aliphatic heterocycles. The second kappa shape index (κ2) is 4.60. The molecule has 0 aromatic heterocycles. The molecule has 0 bridgehead atoms. The van der Waals surface area contributed by atoms with Gasteiger partial charge in [-0.15, -0.1) is 0 Å². The summed E-state index contributed by atoms with van der Waals surface area (Å²) in [5.74, 6) is 3.03. The third-order valence-corrected chi connectivity index (χ3v) is 4.61. The largest absolute Gasteiger partial charge is 0.326 e. The molecule has 3 heteroatoms. The van der Waals surface area contributed by atoms with Crippen LogP contribution in [0.5, 0.6) is 0 Å². The lowest BCUT2D eigenvalue weighted by Crippen LogP contribution is -2.41. The van der Waals surface area contributed by atoms with Gasteiger partial charge >= 0.3 is 0 Å². The van der Waals surface area contributed by atoms with Crippen molar-refractivity contribution in [3.05, 3.63) is 0 Å². The van der Waals surface area contributed by atoms with Crippen LogP contribution >= 0.6 is 0 Å². The molecule has 1 saturated heterocycles. The highest BCUT2D eigenvalue weighted by Gasteiger charge is 2.44. The fourth-order valence-electron chi connectivity index (χ4n) is 3.31. The van der Waals surface area contributed by atoms with E-state index in [2.05, 4.69) is 17.1 Å². The van der Waals surface area contributed by atoms with E-state index in [1.54, 1.807) is 0 Å². The summed E-state index contributed by atoms with van der Waals surface area (Å²) in [6, 6.07) is 0. The molecule has 96 valence electrons. The zero-order chi connectivity index (χ0) is 11.8. The smallest absolute Gasteiger partial charge is 0.237 e. The Kier molecular flexibility index (Phi) is 3.12. The van der Waals surface area contributed by atoms with Crippen molar-refractivity contribution in [1.29, 1.82) is 0 Å². The van der Waals surface area contributed by atoms with Crippen LogP contribution in [0.2, 0.25) is 0 Å². The first kappa shape index (κ1) is 11.5. The van der Waals surface area contributed by atoms with Gasteiger partial charge in [-0.1, -0.05) is 13.3 Å². The molecule has 1 amide bonds. The molecular formula is C14H24N2O. The summed E-state index contributed by atoms with van der Waals surface area (Å²) in [6.07, 6.45) is 8.23. The molecule has 3 fully saturated rings. The molecule has 1 unspecified atom stereocenters. The van der Waals surface area contributed by atoms with Crippen LogP contribution in [0, 0.1) is 17.8 Å². The van der Waals surface area contributed by atoms with Gasteiger partial charge in [0.15, 0.2) is 0 Å². The van der Waals surface area contributed by atoms with E-state index in [0.717, 1.165) is 37.1 Å². The molecule has 3 aliphatic rings. The van der Waals surface area contributed by atoms with E-state index in [1.807, 2.05) is 0 Å². The van der Waals surface area contributed by atoms with Gasteiger partial charge in [-0.3, -0.25) is 10.1 Å². The van der Waals surface area contributed by atoms with Gasteiger partial charge in [0.05, 0.1) is 12.7 Å². The zero-order valence-electron chi connectivity index (χ0n) is 10.8. The minimum atomic E-state index is 0.326. The first-order valence-electron chi connectivity index (χ1n) is 7.32. The van der Waals surface area contributed by atoms with Gasteiger partial charge in [0.25, 0.3) is 0 Å². The number of carbonyl (C=O) groups excluding carboxylic acids is 1. The van der Waals surface area contributed by atoms with E-state index < -0.39 is 0 Å². The maximum absolute atomic E-state index is 11.9. The van der Waals surface area contributed by atoms with E-state index in [0.29, 0.717) is 18.6 Å². The SMILES string of the molecule is CCCC1NCC(=O)N1CC(C1CC1)C1CC1. The average molecular weight is 236 g/mol. The average Bonchev–Trinajstić information content (AvgIpc) is 3.20. The number of amides is 1. The predicted octanol–water partition coefficient (Wildman–Crippen LogP) is 1.98. The Morgan fingerprint density at radius 1 is 1.29 bits per heavy atom. The van der Waals surface area contributed by atoms with Crippen LogP contribution < -0.4 is 5.32 Å². The molecule has 17 heavy (non-hydrogen) atoms. The molecule has 2 aliphatic carbocycles. The predicted molar refractivity (Wildman–Crippen MR) is 67.3 cm³/mol. The second-order valence-electron chi connectivity index (χ2n) is 6.07. The van der Waals surface area contributed by atoms with Gasteiger partial charge in [0, 0.05) is 6.54 Å². The minimum Gasteiger partial charge on any atom is -0.326 e. The lowest BCUT2D eigenvalue weighted by Gasteiger charge is -2.29. The van der Waals surface area contributed by atoms with Crippen molar-refractivity contribution in [3.8, 4) is 0 Å². The van der Waals surface area contributed by atoms with Crippen molar-refractivity contribution in [3.63, 3.8) is 0 Å². The molecular weight excluding hydrogens is 212 g/mol. The second-order valence-corrected chi connectivity index (χ2v) is 6.07. The minimum absolute atomic E-state index is 0.326. The summed E-state index contributed by atoms with van der Waals surface area (Å²) in [6.45, 7) is 3.79. The van der Waals surface area contributed by atoms with Crippen LogP contribution in [0.15, 0.2) is 0 Å². The van der Waals surface area contributed by atoms with Gasteiger partial charge in [-0.2, -0.15) is 0 Å². The lowest BCUT2D eigenvalue weighted by molar-refractivity contribution is -0.128. The highest BCUT2D eigenvalue weighted by atomic mass is 16.2. The molecule has 3 rings (SSSR count). The van der Waals surface area contributed by atoms with Gasteiger partial charge in [0.2, 0.25) is 5.91 Å². The van der Waals surface area contributed by atoms with Crippen LogP contribution in [-0.2, 0) is 4.79 Å².